The Morgan fingerprint density at radius 1 is 1.60 bits per heavy atom. The first-order valence-electron chi connectivity index (χ1n) is 4.31. The number of pyridine rings is 1. The number of nitrogens with zero attached hydrogens (tertiary/aromatic N) is 1. The van der Waals surface area contributed by atoms with Crippen molar-refractivity contribution >= 4 is 35.2 Å². The van der Waals surface area contributed by atoms with Crippen LogP contribution in [-0.2, 0) is 4.79 Å². The van der Waals surface area contributed by atoms with E-state index in [0.717, 1.165) is 5.56 Å². The van der Waals surface area contributed by atoms with Crippen molar-refractivity contribution in [3.05, 3.63) is 34.1 Å². The molecule has 0 radical (unpaired) electrons. The zero-order chi connectivity index (χ0) is 11.3. The molecule has 0 aliphatic rings. The van der Waals surface area contributed by atoms with Crippen molar-refractivity contribution < 1.29 is 4.79 Å². The van der Waals surface area contributed by atoms with Crippen LogP contribution in [0.2, 0.25) is 10.2 Å². The maximum atomic E-state index is 10.6. The molecule has 0 spiro atoms. The van der Waals surface area contributed by atoms with E-state index in [1.807, 2.05) is 0 Å². The third-order valence-electron chi connectivity index (χ3n) is 1.60. The zero-order valence-corrected chi connectivity index (χ0v) is 9.64. The minimum absolute atomic E-state index is 0.0741. The molecule has 1 N–H and O–H groups in total. The summed E-state index contributed by atoms with van der Waals surface area (Å²) in [6, 6.07) is 1.71. The molecule has 1 aromatic rings. The maximum Gasteiger partial charge on any atom is 0.217 e. The van der Waals surface area contributed by atoms with Gasteiger partial charge in [-0.25, -0.2) is 4.98 Å². The fourth-order valence-electron chi connectivity index (χ4n) is 0.944. The molecule has 1 heterocycles. The van der Waals surface area contributed by atoms with E-state index in [2.05, 4.69) is 10.3 Å². The molecule has 0 fully saturated rings. The van der Waals surface area contributed by atoms with Crippen LogP contribution in [0.1, 0.15) is 12.5 Å². The Hall–Kier alpha value is -1.06. The quantitative estimate of drug-likeness (QED) is 0.831. The van der Waals surface area contributed by atoms with Gasteiger partial charge in [-0.3, -0.25) is 4.79 Å². The lowest BCUT2D eigenvalue weighted by Crippen LogP contribution is -2.19. The SMILES string of the molecule is CC(=O)NCC=Cc1cc(Cl)cnc1Cl. The minimum atomic E-state index is -0.0741. The Balaban J connectivity index is 2.63. The van der Waals surface area contributed by atoms with Gasteiger partial charge in [-0.15, -0.1) is 0 Å². The summed E-state index contributed by atoms with van der Waals surface area (Å²) in [5.41, 5.74) is 0.731. The molecule has 3 nitrogen and oxygen atoms in total. The summed E-state index contributed by atoms with van der Waals surface area (Å²) in [4.78, 5) is 14.5. The topological polar surface area (TPSA) is 42.0 Å². The largest absolute Gasteiger partial charge is 0.353 e. The average molecular weight is 245 g/mol. The highest BCUT2D eigenvalue weighted by atomic mass is 35.5. The first-order valence-corrected chi connectivity index (χ1v) is 5.07. The number of hydrogen-bond acceptors (Lipinski definition) is 2. The number of rotatable bonds is 3. The van der Waals surface area contributed by atoms with Crippen molar-refractivity contribution in [3.8, 4) is 0 Å². The van der Waals surface area contributed by atoms with Gasteiger partial charge >= 0.3 is 0 Å². The number of amides is 1. The summed E-state index contributed by atoms with van der Waals surface area (Å²) < 4.78 is 0. The van der Waals surface area contributed by atoms with E-state index in [9.17, 15) is 4.79 Å². The van der Waals surface area contributed by atoms with E-state index in [-0.39, 0.29) is 5.91 Å². The molecular formula is C10H10Cl2N2O. The molecule has 80 valence electrons. The van der Waals surface area contributed by atoms with Crippen LogP contribution in [0.15, 0.2) is 18.3 Å². The minimum Gasteiger partial charge on any atom is -0.353 e. The highest BCUT2D eigenvalue weighted by molar-refractivity contribution is 6.33. The second kappa shape index (κ2) is 5.73. The van der Waals surface area contributed by atoms with Gasteiger partial charge in [0.2, 0.25) is 5.91 Å². The van der Waals surface area contributed by atoms with Gasteiger partial charge in [-0.1, -0.05) is 35.4 Å². The number of carbonyl (C=O) groups excluding carboxylic acids is 1. The van der Waals surface area contributed by atoms with Crippen molar-refractivity contribution in [3.63, 3.8) is 0 Å². The van der Waals surface area contributed by atoms with Crippen LogP contribution in [0.4, 0.5) is 0 Å². The van der Waals surface area contributed by atoms with Crippen LogP contribution in [0.3, 0.4) is 0 Å². The van der Waals surface area contributed by atoms with Crippen LogP contribution in [-0.4, -0.2) is 17.4 Å². The number of carbonyl (C=O) groups is 1. The molecule has 0 unspecified atom stereocenters. The first-order chi connectivity index (χ1) is 7.09. The summed E-state index contributed by atoms with van der Waals surface area (Å²) in [6.45, 7) is 1.92. The molecule has 5 heteroatoms. The maximum absolute atomic E-state index is 10.6. The third kappa shape index (κ3) is 4.32. The second-order valence-electron chi connectivity index (χ2n) is 2.87. The van der Waals surface area contributed by atoms with Gasteiger partial charge in [-0.05, 0) is 6.07 Å². The van der Waals surface area contributed by atoms with Gasteiger partial charge < -0.3 is 5.32 Å². The third-order valence-corrected chi connectivity index (χ3v) is 2.12. The monoisotopic (exact) mass is 244 g/mol. The molecule has 1 amide bonds. The molecule has 0 saturated carbocycles. The van der Waals surface area contributed by atoms with Gasteiger partial charge in [0.15, 0.2) is 0 Å². The summed E-state index contributed by atoms with van der Waals surface area (Å²) >= 11 is 11.6. The summed E-state index contributed by atoms with van der Waals surface area (Å²) in [5.74, 6) is -0.0741. The standard InChI is InChI=1S/C10H10Cl2N2O/c1-7(15)13-4-2-3-8-5-9(11)6-14-10(8)12/h2-3,5-6H,4H2,1H3,(H,13,15). The van der Waals surface area contributed by atoms with Crippen LogP contribution in [0.5, 0.6) is 0 Å². The van der Waals surface area contributed by atoms with Crippen LogP contribution in [0.25, 0.3) is 6.08 Å². The molecule has 1 aromatic heterocycles. The van der Waals surface area contributed by atoms with Crippen molar-refractivity contribution in [2.75, 3.05) is 6.54 Å². The lowest BCUT2D eigenvalue weighted by Gasteiger charge is -1.98. The van der Waals surface area contributed by atoms with Crippen molar-refractivity contribution in [1.82, 2.24) is 10.3 Å². The fourth-order valence-corrected chi connectivity index (χ4v) is 1.28. The normalized spacial score (nSPS) is 10.6. The van der Waals surface area contributed by atoms with E-state index < -0.39 is 0 Å². The van der Waals surface area contributed by atoms with E-state index in [0.29, 0.717) is 16.7 Å². The number of nitrogens with one attached hydrogen (secondary N) is 1. The van der Waals surface area contributed by atoms with Gasteiger partial charge in [0.1, 0.15) is 5.15 Å². The smallest absolute Gasteiger partial charge is 0.217 e. The Morgan fingerprint density at radius 3 is 3.00 bits per heavy atom. The van der Waals surface area contributed by atoms with Crippen LogP contribution >= 0.6 is 23.2 Å². The first kappa shape index (κ1) is 12.0. The summed E-state index contributed by atoms with van der Waals surface area (Å²) in [5, 5.41) is 3.54. The molecule has 0 aromatic carbocycles. The molecule has 1 rings (SSSR count). The predicted octanol–water partition coefficient (Wildman–Crippen LogP) is 2.54. The molecule has 0 aliphatic heterocycles. The van der Waals surface area contributed by atoms with Crippen LogP contribution < -0.4 is 5.32 Å². The number of hydrogen-bond donors (Lipinski definition) is 1. The van der Waals surface area contributed by atoms with Crippen molar-refractivity contribution in [1.29, 1.82) is 0 Å². The Kier molecular flexibility index (Phi) is 4.59. The molecule has 0 bridgehead atoms. The summed E-state index contributed by atoms with van der Waals surface area (Å²) in [7, 11) is 0. The van der Waals surface area contributed by atoms with Gasteiger partial charge in [0, 0.05) is 25.2 Å². The van der Waals surface area contributed by atoms with E-state index in [4.69, 9.17) is 23.2 Å². The second-order valence-corrected chi connectivity index (χ2v) is 3.67. The molecule has 15 heavy (non-hydrogen) atoms. The van der Waals surface area contributed by atoms with Crippen molar-refractivity contribution in [2.24, 2.45) is 0 Å². The van der Waals surface area contributed by atoms with E-state index in [1.165, 1.54) is 13.1 Å². The van der Waals surface area contributed by atoms with E-state index in [1.54, 1.807) is 18.2 Å². The van der Waals surface area contributed by atoms with E-state index >= 15 is 0 Å². The zero-order valence-electron chi connectivity index (χ0n) is 8.13. The van der Waals surface area contributed by atoms with Gasteiger partial charge in [0.25, 0.3) is 0 Å². The highest BCUT2D eigenvalue weighted by Gasteiger charge is 1.98. The van der Waals surface area contributed by atoms with Crippen LogP contribution in [0, 0.1) is 0 Å². The molecule has 0 atom stereocenters. The van der Waals surface area contributed by atoms with Gasteiger partial charge in [0.05, 0.1) is 5.02 Å². The molecule has 0 aliphatic carbocycles. The Morgan fingerprint density at radius 2 is 2.33 bits per heavy atom. The Bertz CT molecular complexity index is 391. The van der Waals surface area contributed by atoms with Gasteiger partial charge in [-0.2, -0.15) is 0 Å². The number of halogens is 2. The highest BCUT2D eigenvalue weighted by Crippen LogP contribution is 2.18. The lowest BCUT2D eigenvalue weighted by atomic mass is 10.2. The summed E-state index contributed by atoms with van der Waals surface area (Å²) in [6.07, 6.45) is 5.02. The molecular weight excluding hydrogens is 235 g/mol. The lowest BCUT2D eigenvalue weighted by molar-refractivity contribution is -0.118. The average Bonchev–Trinajstić information content (AvgIpc) is 2.17. The number of aromatic nitrogens is 1. The van der Waals surface area contributed by atoms with Crippen molar-refractivity contribution in [2.45, 2.75) is 6.92 Å². The Labute approximate surface area is 98.1 Å². The fraction of sp³-hybridized carbons (Fsp3) is 0.200. The molecule has 0 saturated heterocycles. The predicted molar refractivity (Wildman–Crippen MR) is 62.0 cm³/mol.